The number of benzene rings is 3. The third kappa shape index (κ3) is 6.06. The maximum Gasteiger partial charge on any atom is 0.272 e. The number of nitrogens with zero attached hydrogens (tertiary/aromatic N) is 1. The summed E-state index contributed by atoms with van der Waals surface area (Å²) in [5.74, 6) is -0.906. The van der Waals surface area contributed by atoms with Gasteiger partial charge in [0.25, 0.3) is 6.43 Å². The van der Waals surface area contributed by atoms with Crippen molar-refractivity contribution in [1.29, 1.82) is 0 Å². The summed E-state index contributed by atoms with van der Waals surface area (Å²) in [4.78, 5) is 1.65. The summed E-state index contributed by atoms with van der Waals surface area (Å²) >= 11 is 0. The molecule has 0 N–H and O–H groups in total. The summed E-state index contributed by atoms with van der Waals surface area (Å²) in [5, 5.41) is 0. The highest BCUT2D eigenvalue weighted by atomic mass is 19.3. The van der Waals surface area contributed by atoms with Crippen LogP contribution >= 0.6 is 0 Å². The van der Waals surface area contributed by atoms with Crippen LogP contribution in [0.15, 0.2) is 60.7 Å². The second kappa shape index (κ2) is 10.7. The van der Waals surface area contributed by atoms with Gasteiger partial charge in [-0.05, 0) is 35.4 Å². The molecule has 0 saturated carbocycles. The molecule has 0 spiro atoms. The van der Waals surface area contributed by atoms with E-state index in [0.29, 0.717) is 11.5 Å². The predicted molar refractivity (Wildman–Crippen MR) is 114 cm³/mol. The molecule has 0 unspecified atom stereocenters. The molecule has 8 heteroatoms. The van der Waals surface area contributed by atoms with Crippen molar-refractivity contribution in [2.24, 2.45) is 0 Å². The number of halogens is 4. The molecule has 3 aromatic rings. The van der Waals surface area contributed by atoms with Crippen LogP contribution in [-0.4, -0.2) is 27.3 Å². The second-order valence-electron chi connectivity index (χ2n) is 6.99. The van der Waals surface area contributed by atoms with Gasteiger partial charge in [0, 0.05) is 25.2 Å². The van der Waals surface area contributed by atoms with Crippen LogP contribution in [0, 0.1) is 11.6 Å². The Morgan fingerprint density at radius 1 is 0.750 bits per heavy atom. The molecule has 0 aliphatic heterocycles. The average Bonchev–Trinajstić information content (AvgIpc) is 2.80. The third-order valence-corrected chi connectivity index (χ3v) is 4.77. The summed E-state index contributed by atoms with van der Waals surface area (Å²) < 4.78 is 69.2. The first-order chi connectivity index (χ1) is 15.4. The zero-order valence-electron chi connectivity index (χ0n) is 17.7. The Bertz CT molecular complexity index is 962. The van der Waals surface area contributed by atoms with Gasteiger partial charge in [-0.2, -0.15) is 0 Å². The van der Waals surface area contributed by atoms with Gasteiger partial charge in [-0.25, -0.2) is 17.6 Å². The fraction of sp³-hybridized carbons (Fsp3) is 0.250. The van der Waals surface area contributed by atoms with Crippen molar-refractivity contribution in [3.8, 4) is 17.2 Å². The fourth-order valence-electron chi connectivity index (χ4n) is 3.15. The predicted octanol–water partition coefficient (Wildman–Crippen LogP) is 5.83. The number of rotatable bonds is 10. The normalized spacial score (nSPS) is 10.8. The minimum atomic E-state index is -2.79. The molecular formula is C24H23F4NO3. The molecule has 0 fully saturated rings. The summed E-state index contributed by atoms with van der Waals surface area (Å²) in [6.45, 7) is -0.482. The molecule has 3 rings (SSSR count). The number of alkyl halides is 2. The molecule has 0 bridgehead atoms. The van der Waals surface area contributed by atoms with E-state index in [1.165, 1.54) is 0 Å². The molecule has 170 valence electrons. The number of hydrogen-bond donors (Lipinski definition) is 0. The average molecular weight is 449 g/mol. The summed E-state index contributed by atoms with van der Waals surface area (Å²) in [7, 11) is 3.11. The highest BCUT2D eigenvalue weighted by Crippen LogP contribution is 2.30. The highest BCUT2D eigenvalue weighted by molar-refractivity contribution is 5.52. The molecule has 0 heterocycles. The van der Waals surface area contributed by atoms with Crippen LogP contribution in [0.2, 0.25) is 0 Å². The Hall–Kier alpha value is -3.42. The molecule has 0 aromatic heterocycles. The first-order valence-electron chi connectivity index (χ1n) is 9.80. The Morgan fingerprint density at radius 2 is 1.25 bits per heavy atom. The lowest BCUT2D eigenvalue weighted by Crippen LogP contribution is -2.23. The summed E-state index contributed by atoms with van der Waals surface area (Å²) in [6.07, 6.45) is -2.79. The molecule has 4 nitrogen and oxygen atoms in total. The maximum absolute atomic E-state index is 14.9. The van der Waals surface area contributed by atoms with Gasteiger partial charge in [0.05, 0.1) is 19.9 Å². The zero-order chi connectivity index (χ0) is 23.1. The quantitative estimate of drug-likeness (QED) is 0.364. The van der Waals surface area contributed by atoms with Gasteiger partial charge >= 0.3 is 0 Å². The first kappa shape index (κ1) is 23.2. The van der Waals surface area contributed by atoms with Gasteiger partial charge in [0.2, 0.25) is 0 Å². The lowest BCUT2D eigenvalue weighted by Gasteiger charge is -2.26. The summed E-state index contributed by atoms with van der Waals surface area (Å²) in [6, 6.07) is 16.2. The lowest BCUT2D eigenvalue weighted by molar-refractivity contribution is 0.0797. The van der Waals surface area contributed by atoms with Crippen molar-refractivity contribution in [3.05, 3.63) is 83.4 Å². The Morgan fingerprint density at radius 3 is 1.69 bits per heavy atom. The van der Waals surface area contributed by atoms with Crippen molar-refractivity contribution in [3.63, 3.8) is 0 Å². The molecule has 0 amide bonds. The molecule has 0 radical (unpaired) electrons. The van der Waals surface area contributed by atoms with E-state index in [-0.39, 0.29) is 18.8 Å². The van der Waals surface area contributed by atoms with Gasteiger partial charge in [-0.3, -0.25) is 0 Å². The number of hydrogen-bond acceptors (Lipinski definition) is 4. The van der Waals surface area contributed by atoms with E-state index in [4.69, 9.17) is 14.2 Å². The molecule has 3 aromatic carbocycles. The monoisotopic (exact) mass is 449 g/mol. The molecular weight excluding hydrogens is 426 g/mol. The molecule has 0 atom stereocenters. The van der Waals surface area contributed by atoms with Gasteiger partial charge < -0.3 is 19.1 Å². The minimum Gasteiger partial charge on any atom is -0.497 e. The lowest BCUT2D eigenvalue weighted by atomic mass is 10.1. The van der Waals surface area contributed by atoms with Crippen LogP contribution in [0.25, 0.3) is 0 Å². The fourth-order valence-corrected chi connectivity index (χ4v) is 3.15. The van der Waals surface area contributed by atoms with E-state index in [1.54, 1.807) is 43.4 Å². The number of methoxy groups -OCH3 is 2. The molecule has 0 saturated heterocycles. The van der Waals surface area contributed by atoms with E-state index < -0.39 is 30.4 Å². The van der Waals surface area contributed by atoms with Crippen LogP contribution in [0.5, 0.6) is 17.2 Å². The van der Waals surface area contributed by atoms with E-state index in [1.807, 2.05) is 24.3 Å². The Kier molecular flexibility index (Phi) is 7.81. The molecule has 32 heavy (non-hydrogen) atoms. The topological polar surface area (TPSA) is 30.9 Å². The van der Waals surface area contributed by atoms with E-state index in [2.05, 4.69) is 0 Å². The standard InChI is InChI=1S/C24H23F4NO3/c1-30-18-7-3-16(4-8-18)13-29(14-17-5-9-19(31-2)10-6-17)22-11-21(26)23(12-20(22)25)32-15-24(27)28/h3-12,24H,13-15H2,1-2H3. The van der Waals surface area contributed by atoms with Gasteiger partial charge in [0.1, 0.15) is 23.9 Å². The van der Waals surface area contributed by atoms with E-state index >= 15 is 0 Å². The van der Waals surface area contributed by atoms with Crippen LogP contribution in [0.4, 0.5) is 23.2 Å². The van der Waals surface area contributed by atoms with Crippen molar-refractivity contribution in [2.75, 3.05) is 25.7 Å². The second-order valence-corrected chi connectivity index (χ2v) is 6.99. The van der Waals surface area contributed by atoms with Crippen molar-refractivity contribution in [1.82, 2.24) is 0 Å². The van der Waals surface area contributed by atoms with E-state index in [0.717, 1.165) is 23.3 Å². The SMILES string of the molecule is COc1ccc(CN(Cc2ccc(OC)cc2)c2cc(F)c(OCC(F)F)cc2F)cc1. The number of ether oxygens (including phenoxy) is 3. The first-order valence-corrected chi connectivity index (χ1v) is 9.80. The number of anilines is 1. The Balaban J connectivity index is 1.91. The zero-order valence-corrected chi connectivity index (χ0v) is 17.7. The molecule has 0 aliphatic carbocycles. The van der Waals surface area contributed by atoms with Crippen molar-refractivity contribution in [2.45, 2.75) is 19.5 Å². The van der Waals surface area contributed by atoms with Gasteiger partial charge in [-0.1, -0.05) is 24.3 Å². The van der Waals surface area contributed by atoms with Crippen molar-refractivity contribution >= 4 is 5.69 Å². The van der Waals surface area contributed by atoms with Gasteiger partial charge in [0.15, 0.2) is 11.6 Å². The Labute approximate surface area is 183 Å². The smallest absolute Gasteiger partial charge is 0.272 e. The third-order valence-electron chi connectivity index (χ3n) is 4.77. The van der Waals surface area contributed by atoms with Crippen LogP contribution in [0.1, 0.15) is 11.1 Å². The minimum absolute atomic E-state index is 0.0152. The van der Waals surface area contributed by atoms with Crippen LogP contribution in [0.3, 0.4) is 0 Å². The summed E-state index contributed by atoms with van der Waals surface area (Å²) in [5.41, 5.74) is 1.67. The molecule has 0 aliphatic rings. The maximum atomic E-state index is 14.9. The van der Waals surface area contributed by atoms with Gasteiger partial charge in [-0.15, -0.1) is 0 Å². The van der Waals surface area contributed by atoms with E-state index in [9.17, 15) is 17.6 Å². The van der Waals surface area contributed by atoms with Crippen LogP contribution in [-0.2, 0) is 13.1 Å². The highest BCUT2D eigenvalue weighted by Gasteiger charge is 2.19. The van der Waals surface area contributed by atoms with Crippen molar-refractivity contribution < 1.29 is 31.8 Å². The van der Waals surface area contributed by atoms with Crippen LogP contribution < -0.4 is 19.1 Å². The largest absolute Gasteiger partial charge is 0.497 e.